The van der Waals surface area contributed by atoms with E-state index in [2.05, 4.69) is 4.98 Å². The van der Waals surface area contributed by atoms with E-state index in [-0.39, 0.29) is 12.1 Å². The van der Waals surface area contributed by atoms with Crippen molar-refractivity contribution in [1.29, 1.82) is 0 Å². The lowest BCUT2D eigenvalue weighted by Gasteiger charge is -2.26. The van der Waals surface area contributed by atoms with Crippen molar-refractivity contribution in [2.75, 3.05) is 13.2 Å². The molecule has 1 fully saturated rings. The van der Waals surface area contributed by atoms with E-state index in [1.165, 1.54) is 11.3 Å². The minimum Gasteiger partial charge on any atom is -0.462 e. The monoisotopic (exact) mass is 266 g/mol. The Morgan fingerprint density at radius 1 is 1.72 bits per heavy atom. The quantitative estimate of drug-likeness (QED) is 0.795. The van der Waals surface area contributed by atoms with Gasteiger partial charge in [0.2, 0.25) is 0 Å². The molecule has 1 aliphatic rings. The summed E-state index contributed by atoms with van der Waals surface area (Å²) in [5.74, 6) is -0.271. The van der Waals surface area contributed by atoms with Crippen LogP contribution in [0.4, 0.5) is 0 Å². The zero-order valence-electron chi connectivity index (χ0n) is 10.1. The van der Waals surface area contributed by atoms with Gasteiger partial charge in [-0.25, -0.2) is 9.78 Å². The number of esters is 1. The fourth-order valence-corrected chi connectivity index (χ4v) is 2.85. The van der Waals surface area contributed by atoms with Gasteiger partial charge in [0.25, 0.3) is 0 Å². The predicted molar refractivity (Wildman–Crippen MR) is 67.9 cm³/mol. The van der Waals surface area contributed by atoms with Gasteiger partial charge in [0, 0.05) is 6.61 Å². The van der Waals surface area contributed by atoms with Gasteiger partial charge in [-0.05, 0) is 19.4 Å². The summed E-state index contributed by atoms with van der Waals surface area (Å²) in [4.78, 5) is 17.4. The van der Waals surface area contributed by atoms with Gasteiger partial charge in [0.05, 0.1) is 31.1 Å². The van der Waals surface area contributed by atoms with Crippen molar-refractivity contribution in [3.8, 4) is 0 Å². The van der Waals surface area contributed by atoms with E-state index in [4.69, 9.17) is 9.47 Å². The summed E-state index contributed by atoms with van der Waals surface area (Å²) in [5, 5.41) is 0. The average molecular weight is 266 g/mol. The summed E-state index contributed by atoms with van der Waals surface area (Å²) in [6, 6.07) is 1.85. The first kappa shape index (κ1) is 11.7. The third-order valence-corrected chi connectivity index (χ3v) is 4.00. The topological polar surface area (TPSA) is 53.3 Å². The molecule has 1 atom stereocenters. The number of hydrogen-bond acceptors (Lipinski definition) is 5. The first-order valence-electron chi connectivity index (χ1n) is 6.01. The van der Waals surface area contributed by atoms with Crippen molar-refractivity contribution < 1.29 is 14.3 Å². The van der Waals surface area contributed by atoms with Crippen LogP contribution in [-0.4, -0.2) is 34.8 Å². The first-order chi connectivity index (χ1) is 8.78. The SMILES string of the molecule is CCOC(=O)c1cc2c(ncn2CC2CCO2)s1. The second-order valence-corrected chi connectivity index (χ2v) is 5.23. The fourth-order valence-electron chi connectivity index (χ4n) is 1.95. The third kappa shape index (κ3) is 2.02. The highest BCUT2D eigenvalue weighted by atomic mass is 32.1. The van der Waals surface area contributed by atoms with Crippen LogP contribution in [0, 0.1) is 0 Å². The van der Waals surface area contributed by atoms with Crippen LogP contribution in [0.3, 0.4) is 0 Å². The molecule has 3 heterocycles. The number of aromatic nitrogens is 2. The highest BCUT2D eigenvalue weighted by Gasteiger charge is 2.21. The number of ether oxygens (including phenoxy) is 2. The number of imidazole rings is 1. The number of carbonyl (C=O) groups excluding carboxylic acids is 1. The standard InChI is InChI=1S/C12H14N2O3S/c1-2-16-12(15)10-5-9-11(18-10)13-7-14(9)6-8-3-4-17-8/h5,7-8H,2-4,6H2,1H3. The van der Waals surface area contributed by atoms with E-state index < -0.39 is 0 Å². The lowest BCUT2D eigenvalue weighted by Crippen LogP contribution is -2.30. The second kappa shape index (κ2) is 4.70. The van der Waals surface area contributed by atoms with E-state index in [1.807, 2.05) is 10.6 Å². The number of carbonyl (C=O) groups is 1. The Bertz CT molecular complexity index is 571. The van der Waals surface area contributed by atoms with E-state index in [9.17, 15) is 4.79 Å². The van der Waals surface area contributed by atoms with Crippen molar-refractivity contribution in [2.24, 2.45) is 0 Å². The molecular formula is C12H14N2O3S. The largest absolute Gasteiger partial charge is 0.462 e. The van der Waals surface area contributed by atoms with Crippen molar-refractivity contribution in [2.45, 2.75) is 26.0 Å². The fraction of sp³-hybridized carbons (Fsp3) is 0.500. The Hall–Kier alpha value is -1.40. The van der Waals surface area contributed by atoms with Crippen LogP contribution in [0.1, 0.15) is 23.0 Å². The molecule has 0 spiro atoms. The number of hydrogen-bond donors (Lipinski definition) is 0. The molecule has 2 aromatic rings. The highest BCUT2D eigenvalue weighted by Crippen LogP contribution is 2.26. The van der Waals surface area contributed by atoms with Crippen LogP contribution in [0.15, 0.2) is 12.4 Å². The summed E-state index contributed by atoms with van der Waals surface area (Å²) >= 11 is 1.37. The summed E-state index contributed by atoms with van der Waals surface area (Å²) in [6.07, 6.45) is 3.18. The van der Waals surface area contributed by atoms with Crippen molar-refractivity contribution in [3.05, 3.63) is 17.3 Å². The Morgan fingerprint density at radius 3 is 3.22 bits per heavy atom. The molecule has 2 aromatic heterocycles. The summed E-state index contributed by atoms with van der Waals surface area (Å²) in [7, 11) is 0. The van der Waals surface area contributed by atoms with Crippen LogP contribution in [0.2, 0.25) is 0 Å². The molecule has 5 nitrogen and oxygen atoms in total. The van der Waals surface area contributed by atoms with Crippen molar-refractivity contribution in [1.82, 2.24) is 9.55 Å². The maximum Gasteiger partial charge on any atom is 0.348 e. The van der Waals surface area contributed by atoms with Crippen LogP contribution in [0.5, 0.6) is 0 Å². The molecule has 0 amide bonds. The van der Waals surface area contributed by atoms with Crippen LogP contribution in [0.25, 0.3) is 10.3 Å². The number of rotatable bonds is 4. The Morgan fingerprint density at radius 2 is 2.56 bits per heavy atom. The molecule has 1 aliphatic heterocycles. The summed E-state index contributed by atoms with van der Waals surface area (Å²) in [6.45, 7) is 3.84. The molecule has 18 heavy (non-hydrogen) atoms. The minimum absolute atomic E-state index is 0.271. The molecule has 6 heteroatoms. The van der Waals surface area contributed by atoms with Gasteiger partial charge in [-0.1, -0.05) is 0 Å². The molecule has 1 unspecified atom stereocenters. The molecule has 0 N–H and O–H groups in total. The van der Waals surface area contributed by atoms with Gasteiger partial charge >= 0.3 is 5.97 Å². The van der Waals surface area contributed by atoms with Gasteiger partial charge in [-0.3, -0.25) is 0 Å². The molecule has 0 radical (unpaired) electrons. The third-order valence-electron chi connectivity index (χ3n) is 2.99. The zero-order valence-corrected chi connectivity index (χ0v) is 10.9. The maximum atomic E-state index is 11.6. The van der Waals surface area contributed by atoms with Gasteiger partial charge in [0.15, 0.2) is 0 Å². The molecule has 96 valence electrons. The van der Waals surface area contributed by atoms with Crippen molar-refractivity contribution >= 4 is 27.7 Å². The summed E-state index contributed by atoms with van der Waals surface area (Å²) in [5.41, 5.74) is 0.985. The Labute approximate surface area is 108 Å². The van der Waals surface area contributed by atoms with Gasteiger partial charge in [-0.2, -0.15) is 0 Å². The van der Waals surface area contributed by atoms with Crippen LogP contribution >= 0.6 is 11.3 Å². The molecule has 3 rings (SSSR count). The number of fused-ring (bicyclic) bond motifs is 1. The number of thiophene rings is 1. The Kier molecular flexibility index (Phi) is 3.05. The van der Waals surface area contributed by atoms with Gasteiger partial charge < -0.3 is 14.0 Å². The zero-order chi connectivity index (χ0) is 12.5. The molecule has 0 bridgehead atoms. The van der Waals surface area contributed by atoms with Crippen LogP contribution in [-0.2, 0) is 16.0 Å². The second-order valence-electron chi connectivity index (χ2n) is 4.20. The minimum atomic E-state index is -0.271. The molecule has 0 aliphatic carbocycles. The lowest BCUT2D eigenvalue weighted by molar-refractivity contribution is -0.0586. The van der Waals surface area contributed by atoms with E-state index in [0.717, 1.165) is 29.9 Å². The molecular weight excluding hydrogens is 252 g/mol. The molecule has 1 saturated heterocycles. The maximum absolute atomic E-state index is 11.6. The number of nitrogens with zero attached hydrogens (tertiary/aromatic N) is 2. The van der Waals surface area contributed by atoms with E-state index >= 15 is 0 Å². The van der Waals surface area contributed by atoms with E-state index in [0.29, 0.717) is 11.5 Å². The average Bonchev–Trinajstić information content (AvgIpc) is 2.84. The van der Waals surface area contributed by atoms with Crippen LogP contribution < -0.4 is 0 Å². The molecule has 0 aromatic carbocycles. The predicted octanol–water partition coefficient (Wildman–Crippen LogP) is 2.06. The van der Waals surface area contributed by atoms with Crippen molar-refractivity contribution in [3.63, 3.8) is 0 Å². The summed E-state index contributed by atoms with van der Waals surface area (Å²) < 4.78 is 12.4. The highest BCUT2D eigenvalue weighted by molar-refractivity contribution is 7.20. The van der Waals surface area contributed by atoms with E-state index in [1.54, 1.807) is 13.3 Å². The smallest absolute Gasteiger partial charge is 0.348 e. The lowest BCUT2D eigenvalue weighted by atomic mass is 10.2. The van der Waals surface area contributed by atoms with Gasteiger partial charge in [0.1, 0.15) is 9.71 Å². The van der Waals surface area contributed by atoms with Gasteiger partial charge in [-0.15, -0.1) is 11.3 Å². The Balaban J connectivity index is 1.85. The first-order valence-corrected chi connectivity index (χ1v) is 6.83. The normalized spacial score (nSPS) is 18.8. The molecule has 0 saturated carbocycles.